The van der Waals surface area contributed by atoms with Crippen LogP contribution < -0.4 is 4.74 Å². The minimum atomic E-state index is -5.11. The highest BCUT2D eigenvalue weighted by Crippen LogP contribution is 2.32. The van der Waals surface area contributed by atoms with E-state index in [4.69, 9.17) is 11.6 Å². The lowest BCUT2D eigenvalue weighted by Crippen LogP contribution is -2.19. The number of aryl methyl sites for hydroxylation is 1. The van der Waals surface area contributed by atoms with Gasteiger partial charge >= 0.3 is 12.2 Å². The quantitative estimate of drug-likeness (QED) is 0.484. The van der Waals surface area contributed by atoms with Crippen molar-refractivity contribution in [1.29, 1.82) is 0 Å². The minimum Gasteiger partial charge on any atom is -0.397 e. The Labute approximate surface area is 102 Å². The summed E-state index contributed by atoms with van der Waals surface area (Å²) in [4.78, 5) is 23.3. The molecule has 0 saturated heterocycles. The first-order valence-electron chi connectivity index (χ1n) is 4.23. The van der Waals surface area contributed by atoms with Crippen molar-refractivity contribution in [2.24, 2.45) is 0 Å². The Hall–Kier alpha value is -1.90. The molecule has 0 saturated carbocycles. The molecule has 18 heavy (non-hydrogen) atoms. The fraction of sp³-hybridized carbons (Fsp3) is 0.250. The Morgan fingerprint density at radius 2 is 2.11 bits per heavy atom. The second kappa shape index (κ2) is 4.77. The van der Waals surface area contributed by atoms with Gasteiger partial charge in [-0.25, -0.2) is 0 Å². The first-order valence-corrected chi connectivity index (χ1v) is 4.61. The van der Waals surface area contributed by atoms with Gasteiger partial charge in [0.2, 0.25) is 11.4 Å². The average Bonchev–Trinajstić information content (AvgIpc) is 2.13. The third-order valence-electron chi connectivity index (χ3n) is 1.74. The summed E-state index contributed by atoms with van der Waals surface area (Å²) in [6.07, 6.45) is -5.11. The molecule has 0 aliphatic heterocycles. The molecule has 1 heterocycles. The number of pyridine rings is 1. The zero-order valence-corrected chi connectivity index (χ0v) is 9.37. The molecule has 6 nitrogen and oxygen atoms in total. The van der Waals surface area contributed by atoms with Crippen molar-refractivity contribution in [2.45, 2.75) is 13.3 Å². The molecule has 1 aromatic heterocycles. The van der Waals surface area contributed by atoms with Crippen molar-refractivity contribution in [2.75, 3.05) is 0 Å². The smallest absolute Gasteiger partial charge is 0.397 e. The van der Waals surface area contributed by atoms with Crippen LogP contribution in [0.25, 0.3) is 0 Å². The van der Waals surface area contributed by atoms with E-state index in [1.54, 1.807) is 0 Å². The largest absolute Gasteiger partial charge is 0.573 e. The minimum absolute atomic E-state index is 0.0696. The number of nitrogens with zero attached hydrogens (tertiary/aromatic N) is 2. The summed E-state index contributed by atoms with van der Waals surface area (Å²) in [5.41, 5.74) is -0.572. The third-order valence-corrected chi connectivity index (χ3v) is 1.92. The van der Waals surface area contributed by atoms with Crippen LogP contribution in [0.15, 0.2) is 6.07 Å². The van der Waals surface area contributed by atoms with Crippen LogP contribution in [-0.2, 0) is 0 Å². The van der Waals surface area contributed by atoms with Crippen molar-refractivity contribution in [3.63, 3.8) is 0 Å². The molecule has 1 rings (SSSR count). The van der Waals surface area contributed by atoms with E-state index in [2.05, 4.69) is 9.72 Å². The molecule has 0 atom stereocenters. The van der Waals surface area contributed by atoms with Crippen LogP contribution in [0.1, 0.15) is 16.1 Å². The lowest BCUT2D eigenvalue weighted by molar-refractivity contribution is -0.393. The van der Waals surface area contributed by atoms with Crippen molar-refractivity contribution in [3.05, 3.63) is 27.4 Å². The average molecular weight is 285 g/mol. The molecular weight excluding hydrogens is 281 g/mol. The van der Waals surface area contributed by atoms with Gasteiger partial charge in [0, 0.05) is 5.56 Å². The van der Waals surface area contributed by atoms with Crippen LogP contribution >= 0.6 is 11.6 Å². The Bertz CT molecular complexity index is 518. The van der Waals surface area contributed by atoms with Gasteiger partial charge in [-0.15, -0.1) is 13.2 Å². The fourth-order valence-electron chi connectivity index (χ4n) is 1.11. The predicted molar refractivity (Wildman–Crippen MR) is 52.5 cm³/mol. The van der Waals surface area contributed by atoms with E-state index in [1.807, 2.05) is 0 Å². The number of halogens is 4. The third kappa shape index (κ3) is 3.29. The Morgan fingerprint density at radius 3 is 2.50 bits per heavy atom. The first-order chi connectivity index (χ1) is 8.11. The van der Waals surface area contributed by atoms with E-state index in [-0.39, 0.29) is 5.56 Å². The van der Waals surface area contributed by atoms with Gasteiger partial charge in [0.25, 0.3) is 5.24 Å². The lowest BCUT2D eigenvalue weighted by Gasteiger charge is -2.09. The highest BCUT2D eigenvalue weighted by molar-refractivity contribution is 6.67. The van der Waals surface area contributed by atoms with Gasteiger partial charge in [-0.3, -0.25) is 4.79 Å². The van der Waals surface area contributed by atoms with E-state index in [0.29, 0.717) is 6.07 Å². The number of carbonyl (C=O) groups is 1. The normalized spacial score (nSPS) is 11.2. The molecule has 98 valence electrons. The molecule has 0 aliphatic rings. The van der Waals surface area contributed by atoms with E-state index < -0.39 is 33.8 Å². The van der Waals surface area contributed by atoms with Crippen molar-refractivity contribution < 1.29 is 27.6 Å². The van der Waals surface area contributed by atoms with E-state index in [0.717, 1.165) is 0 Å². The summed E-state index contributed by atoms with van der Waals surface area (Å²) >= 11 is 5.08. The summed E-state index contributed by atoms with van der Waals surface area (Å²) < 4.78 is 39.5. The van der Waals surface area contributed by atoms with Crippen LogP contribution in [0.5, 0.6) is 5.75 Å². The molecule has 0 N–H and O–H groups in total. The molecular formula is C8H4ClF3N2O4. The van der Waals surface area contributed by atoms with Crippen LogP contribution in [-0.4, -0.2) is 21.5 Å². The number of hydrogen-bond acceptors (Lipinski definition) is 5. The monoisotopic (exact) mass is 284 g/mol. The second-order valence-corrected chi connectivity index (χ2v) is 3.40. The molecule has 0 fully saturated rings. The number of alkyl halides is 3. The topological polar surface area (TPSA) is 82.3 Å². The number of hydrogen-bond donors (Lipinski definition) is 0. The van der Waals surface area contributed by atoms with E-state index >= 15 is 0 Å². The molecule has 0 aromatic carbocycles. The van der Waals surface area contributed by atoms with Crippen molar-refractivity contribution in [1.82, 2.24) is 4.98 Å². The van der Waals surface area contributed by atoms with Gasteiger partial charge in [0.05, 0.1) is 0 Å². The molecule has 10 heteroatoms. The molecule has 0 spiro atoms. The standard InChI is InChI=1S/C8H4ClF3N2O4/c1-3-2-4(18-8(10,11)12)7(14(16)17)13-5(3)6(9)15/h2H,1H3. The van der Waals surface area contributed by atoms with Crippen molar-refractivity contribution in [3.8, 4) is 5.75 Å². The molecule has 0 bridgehead atoms. The SMILES string of the molecule is Cc1cc(OC(F)(F)F)c([N+](=O)[O-])nc1C(=O)Cl. The maximum atomic E-state index is 12.0. The molecule has 0 amide bonds. The molecule has 0 unspecified atom stereocenters. The predicted octanol–water partition coefficient (Wildman–Crippen LogP) is 2.58. The van der Waals surface area contributed by atoms with Gasteiger partial charge in [-0.1, -0.05) is 0 Å². The van der Waals surface area contributed by atoms with Gasteiger partial charge in [-0.2, -0.15) is 0 Å². The van der Waals surface area contributed by atoms with Gasteiger partial charge < -0.3 is 14.9 Å². The van der Waals surface area contributed by atoms with Gasteiger partial charge in [0.15, 0.2) is 0 Å². The summed E-state index contributed by atoms with van der Waals surface area (Å²) in [5.74, 6) is -2.34. The van der Waals surface area contributed by atoms with E-state index in [1.165, 1.54) is 6.92 Å². The molecule has 0 radical (unpaired) electrons. The summed E-state index contributed by atoms with van der Waals surface area (Å²) in [5, 5.41) is 9.42. The summed E-state index contributed by atoms with van der Waals surface area (Å²) in [6.45, 7) is 1.22. The highest BCUT2D eigenvalue weighted by Gasteiger charge is 2.36. The Balaban J connectivity index is 3.38. The van der Waals surface area contributed by atoms with Crippen LogP contribution in [0, 0.1) is 17.0 Å². The highest BCUT2D eigenvalue weighted by atomic mass is 35.5. The number of nitro groups is 1. The van der Waals surface area contributed by atoms with E-state index in [9.17, 15) is 28.1 Å². The fourth-order valence-corrected chi connectivity index (χ4v) is 1.30. The maximum absolute atomic E-state index is 12.0. The number of rotatable bonds is 3. The summed E-state index contributed by atoms with van der Waals surface area (Å²) in [6, 6.07) is 0.675. The zero-order valence-electron chi connectivity index (χ0n) is 8.62. The molecule has 0 aliphatic carbocycles. The first kappa shape index (κ1) is 14.2. The number of aromatic nitrogens is 1. The summed E-state index contributed by atoms with van der Waals surface area (Å²) in [7, 11) is 0. The van der Waals surface area contributed by atoms with Crippen LogP contribution in [0.3, 0.4) is 0 Å². The molecule has 1 aromatic rings. The lowest BCUT2D eigenvalue weighted by atomic mass is 10.2. The van der Waals surface area contributed by atoms with Crippen LogP contribution in [0.4, 0.5) is 19.0 Å². The number of carbonyl (C=O) groups excluding carboxylic acids is 1. The second-order valence-electron chi connectivity index (χ2n) is 3.05. The van der Waals surface area contributed by atoms with Gasteiger partial charge in [-0.05, 0) is 34.5 Å². The van der Waals surface area contributed by atoms with Gasteiger partial charge in [0.1, 0.15) is 0 Å². The van der Waals surface area contributed by atoms with Crippen LogP contribution in [0.2, 0.25) is 0 Å². The maximum Gasteiger partial charge on any atom is 0.573 e. The Kier molecular flexibility index (Phi) is 3.75. The zero-order chi connectivity index (χ0) is 14.1. The Morgan fingerprint density at radius 1 is 1.56 bits per heavy atom. The van der Waals surface area contributed by atoms with Crippen molar-refractivity contribution >= 4 is 22.7 Å². The number of ether oxygens (including phenoxy) is 1.